The zero-order valence-electron chi connectivity index (χ0n) is 38.6. The molecule has 0 aliphatic rings. The van der Waals surface area contributed by atoms with Crippen LogP contribution in [0.15, 0.2) is 73.1 Å². The molecular weight excluding hydrogens is 955 g/mol. The Bertz CT molecular complexity index is 2530. The third-order valence-electron chi connectivity index (χ3n) is 10.2. The first-order chi connectivity index (χ1) is 33.4. The van der Waals surface area contributed by atoms with E-state index in [1.54, 1.807) is 12.4 Å². The number of nitro benzene ring substituents is 2. The molecule has 0 aliphatic carbocycles. The molecule has 0 spiro atoms. The zero-order valence-corrected chi connectivity index (χ0v) is 40.2. The number of ether oxygens (including phenoxy) is 2. The third kappa shape index (κ3) is 18.2. The average Bonchev–Trinajstić information content (AvgIpc) is 3.30. The minimum Gasteiger partial charge on any atom is -0.466 e. The van der Waals surface area contributed by atoms with Gasteiger partial charge in [-0.25, -0.2) is 9.97 Å². The summed E-state index contributed by atoms with van der Waals surface area (Å²) in [6.45, 7) is 4.94. The van der Waals surface area contributed by atoms with Gasteiger partial charge in [0, 0.05) is 56.0 Å². The van der Waals surface area contributed by atoms with Crippen LogP contribution in [0.1, 0.15) is 86.6 Å². The first-order valence-corrected chi connectivity index (χ1v) is 22.9. The summed E-state index contributed by atoms with van der Waals surface area (Å²) in [6, 6.07) is 12.6. The lowest BCUT2D eigenvalue weighted by Gasteiger charge is -2.34. The van der Waals surface area contributed by atoms with Crippen LogP contribution in [0.4, 0.5) is 23.0 Å². The molecular formula is C46H54Cl2N10O12. The maximum atomic E-state index is 14.2. The predicted octanol–water partition coefficient (Wildman–Crippen LogP) is 6.03. The Hall–Kier alpha value is -7.46. The number of pyridine rings is 2. The van der Waals surface area contributed by atoms with Crippen molar-refractivity contribution in [3.05, 3.63) is 126 Å². The van der Waals surface area contributed by atoms with Crippen molar-refractivity contribution in [2.45, 2.75) is 83.9 Å². The lowest BCUT2D eigenvalue weighted by Crippen LogP contribution is -2.53. The molecule has 4 aromatic rings. The van der Waals surface area contributed by atoms with E-state index in [9.17, 15) is 49.0 Å². The van der Waals surface area contributed by atoms with E-state index in [0.29, 0.717) is 50.4 Å². The number of unbranched alkanes of at least 4 members (excludes halogenated alkanes) is 2. The van der Waals surface area contributed by atoms with E-state index in [-0.39, 0.29) is 40.6 Å². The van der Waals surface area contributed by atoms with Crippen molar-refractivity contribution < 1.29 is 48.1 Å². The fourth-order valence-corrected chi connectivity index (χ4v) is 7.14. The fourth-order valence-electron chi connectivity index (χ4n) is 6.77. The number of nitro groups is 2. The van der Waals surface area contributed by atoms with Crippen molar-refractivity contribution >= 4 is 81.8 Å². The number of halogens is 2. The van der Waals surface area contributed by atoms with Gasteiger partial charge >= 0.3 is 11.9 Å². The van der Waals surface area contributed by atoms with Gasteiger partial charge in [-0.05, 0) is 99.5 Å². The summed E-state index contributed by atoms with van der Waals surface area (Å²) in [5.74, 6) is -3.75. The summed E-state index contributed by atoms with van der Waals surface area (Å²) < 4.78 is 11.0. The summed E-state index contributed by atoms with van der Waals surface area (Å²) in [7, 11) is 0. The molecule has 4 amide bonds. The molecule has 0 aliphatic heterocycles. The van der Waals surface area contributed by atoms with Crippen LogP contribution in [0.25, 0.3) is 0 Å². The van der Waals surface area contributed by atoms with Crippen molar-refractivity contribution in [1.29, 1.82) is 0 Å². The molecule has 0 saturated heterocycles. The summed E-state index contributed by atoms with van der Waals surface area (Å²) >= 11 is 12.2. The highest BCUT2D eigenvalue weighted by molar-refractivity contribution is 6.33. The van der Waals surface area contributed by atoms with Crippen LogP contribution in [-0.4, -0.2) is 88.2 Å². The van der Waals surface area contributed by atoms with Gasteiger partial charge in [-0.2, -0.15) is 0 Å². The number of anilines is 2. The lowest BCUT2D eigenvalue weighted by atomic mass is 9.97. The molecule has 2 heterocycles. The SMILES string of the molecule is CCOC(=O)CC(NC(=O)CNC(=O)CCCCNc1cc(C)ccn1)(OC(=O)CC(NC(=O)CNC(=O)CCCCNc1cc(C)ccn1)c1ccc(Cl)c([N+](=O)[O-])c1)c1ccc(Cl)c([N+](=O)[O-])c1. The summed E-state index contributed by atoms with van der Waals surface area (Å²) in [6.07, 6.45) is 3.70. The Labute approximate surface area is 412 Å². The molecule has 2 aromatic heterocycles. The van der Waals surface area contributed by atoms with E-state index < -0.39 is 94.5 Å². The standard InChI is InChI=1S/C46H54Cl2N10O12/c1-4-69-45(64)26-46(32-12-14-34(48)37(24-32)58(67)68,56-43(62)28-54-41(60)10-6-8-18-50-39-22-30(3)16-20-52-39)70-44(63)25-35(31-11-13-33(47)36(23-31)57(65)66)55-42(61)27-53-40(59)9-5-7-17-49-38-21-29(2)15-19-51-38/h11-16,19-24,35H,4-10,17-18,25-28H2,1-3H3,(H,49,51)(H,50,52)(H,53,59)(H,54,60)(H,55,61)(H,56,62). The van der Waals surface area contributed by atoms with Crippen LogP contribution in [0, 0.1) is 34.1 Å². The van der Waals surface area contributed by atoms with Gasteiger partial charge < -0.3 is 41.4 Å². The van der Waals surface area contributed by atoms with Crippen molar-refractivity contribution in [1.82, 2.24) is 31.2 Å². The van der Waals surface area contributed by atoms with Crippen molar-refractivity contribution in [2.24, 2.45) is 0 Å². The summed E-state index contributed by atoms with van der Waals surface area (Å²) in [5.41, 5.74) is -2.16. The number of aromatic nitrogens is 2. The van der Waals surface area contributed by atoms with Gasteiger partial charge in [-0.3, -0.25) is 49.0 Å². The van der Waals surface area contributed by atoms with Gasteiger partial charge in [0.1, 0.15) is 28.1 Å². The second-order valence-electron chi connectivity index (χ2n) is 15.8. The molecule has 24 heteroatoms. The number of amides is 4. The number of aryl methyl sites for hydroxylation is 2. The van der Waals surface area contributed by atoms with E-state index in [1.807, 2.05) is 38.1 Å². The molecule has 4 rings (SSSR count). The number of nitrogens with one attached hydrogen (secondary N) is 6. The van der Waals surface area contributed by atoms with Gasteiger partial charge in [-0.15, -0.1) is 0 Å². The van der Waals surface area contributed by atoms with Crippen molar-refractivity contribution in [3.63, 3.8) is 0 Å². The van der Waals surface area contributed by atoms with Crippen LogP contribution < -0.4 is 31.9 Å². The van der Waals surface area contributed by atoms with Crippen LogP contribution in [-0.2, 0) is 44.0 Å². The van der Waals surface area contributed by atoms with Gasteiger partial charge in [0.2, 0.25) is 29.4 Å². The van der Waals surface area contributed by atoms with Gasteiger partial charge in [0.15, 0.2) is 0 Å². The second kappa shape index (κ2) is 27.5. The first-order valence-electron chi connectivity index (χ1n) is 22.1. The van der Waals surface area contributed by atoms with E-state index in [1.165, 1.54) is 13.0 Å². The molecule has 6 N–H and O–H groups in total. The van der Waals surface area contributed by atoms with Crippen LogP contribution in [0.2, 0.25) is 10.0 Å². The van der Waals surface area contributed by atoms with Gasteiger partial charge in [0.25, 0.3) is 11.4 Å². The molecule has 0 saturated carbocycles. The molecule has 374 valence electrons. The van der Waals surface area contributed by atoms with Crippen LogP contribution >= 0.6 is 23.2 Å². The Morgan fingerprint density at radius 2 is 1.21 bits per heavy atom. The van der Waals surface area contributed by atoms with Gasteiger partial charge in [-0.1, -0.05) is 35.3 Å². The monoisotopic (exact) mass is 1010 g/mol. The maximum absolute atomic E-state index is 14.2. The van der Waals surface area contributed by atoms with E-state index in [0.717, 1.165) is 41.5 Å². The number of rotatable bonds is 28. The quantitative estimate of drug-likeness (QED) is 0.0124. The number of carbonyl (C=O) groups is 6. The van der Waals surface area contributed by atoms with E-state index >= 15 is 0 Å². The molecule has 0 radical (unpaired) electrons. The predicted molar refractivity (Wildman–Crippen MR) is 258 cm³/mol. The maximum Gasteiger partial charge on any atom is 0.312 e. The minimum atomic E-state index is -2.59. The lowest BCUT2D eigenvalue weighted by molar-refractivity contribution is -0.385. The second-order valence-corrected chi connectivity index (χ2v) is 16.6. The zero-order chi connectivity index (χ0) is 51.2. The first kappa shape index (κ1) is 55.1. The largest absolute Gasteiger partial charge is 0.466 e. The van der Waals surface area contributed by atoms with E-state index in [2.05, 4.69) is 41.9 Å². The number of esters is 2. The molecule has 0 bridgehead atoms. The number of carbonyl (C=O) groups excluding carboxylic acids is 6. The van der Waals surface area contributed by atoms with E-state index in [4.69, 9.17) is 32.7 Å². The Morgan fingerprint density at radius 1 is 0.686 bits per heavy atom. The molecule has 2 unspecified atom stereocenters. The molecule has 2 atom stereocenters. The number of hydrogen-bond donors (Lipinski definition) is 6. The molecule has 70 heavy (non-hydrogen) atoms. The normalized spacial score (nSPS) is 12.0. The number of nitrogens with zero attached hydrogens (tertiary/aromatic N) is 4. The topological polar surface area (TPSA) is 305 Å². The van der Waals surface area contributed by atoms with Crippen molar-refractivity contribution in [3.8, 4) is 0 Å². The highest BCUT2D eigenvalue weighted by Crippen LogP contribution is 2.36. The van der Waals surface area contributed by atoms with Crippen LogP contribution in [0.5, 0.6) is 0 Å². The Balaban J connectivity index is 1.52. The number of hydrogen-bond acceptors (Lipinski definition) is 16. The summed E-state index contributed by atoms with van der Waals surface area (Å²) in [5, 5.41) is 39.6. The fraction of sp³-hybridized carbons (Fsp3) is 0.391. The summed E-state index contributed by atoms with van der Waals surface area (Å²) in [4.78, 5) is 111. The molecule has 22 nitrogen and oxygen atoms in total. The number of benzene rings is 2. The minimum absolute atomic E-state index is 0.0178. The van der Waals surface area contributed by atoms with Crippen LogP contribution in [0.3, 0.4) is 0 Å². The molecule has 2 aromatic carbocycles. The van der Waals surface area contributed by atoms with Crippen molar-refractivity contribution in [2.75, 3.05) is 43.4 Å². The smallest absolute Gasteiger partial charge is 0.312 e. The average molecular weight is 1010 g/mol. The molecule has 0 fully saturated rings. The highest BCUT2D eigenvalue weighted by atomic mass is 35.5. The highest BCUT2D eigenvalue weighted by Gasteiger charge is 2.43. The third-order valence-corrected chi connectivity index (χ3v) is 10.8. The Kier molecular flexibility index (Phi) is 21.7. The van der Waals surface area contributed by atoms with Gasteiger partial charge in [0.05, 0.1) is 42.0 Å². The Morgan fingerprint density at radius 3 is 1.74 bits per heavy atom.